The Labute approximate surface area is 81.3 Å². The molecule has 2 aromatic rings. The number of rotatable bonds is 1. The monoisotopic (exact) mass is 191 g/mol. The number of imidazole rings is 1. The van der Waals surface area contributed by atoms with Crippen LogP contribution in [-0.4, -0.2) is 26.7 Å². The van der Waals surface area contributed by atoms with Gasteiger partial charge in [-0.1, -0.05) is 6.42 Å². The van der Waals surface area contributed by atoms with Crippen LogP contribution in [0.25, 0.3) is 11.2 Å². The first-order chi connectivity index (χ1) is 6.93. The standard InChI is InChI=1S/C9H13N5/c1-2-4-10-6(3-1)8-12-7-5-11-14-9(7)13-8/h5-6,10H,1-4H2,(H2,11,12,13,14). The highest BCUT2D eigenvalue weighted by Crippen LogP contribution is 2.21. The van der Waals surface area contributed by atoms with Gasteiger partial charge in [-0.15, -0.1) is 0 Å². The van der Waals surface area contributed by atoms with E-state index in [0.717, 1.165) is 23.5 Å². The molecule has 3 heterocycles. The lowest BCUT2D eigenvalue weighted by Gasteiger charge is -2.21. The molecular weight excluding hydrogens is 178 g/mol. The van der Waals surface area contributed by atoms with E-state index in [-0.39, 0.29) is 0 Å². The summed E-state index contributed by atoms with van der Waals surface area (Å²) < 4.78 is 0. The second-order valence-electron chi connectivity index (χ2n) is 3.76. The second kappa shape index (κ2) is 3.09. The molecule has 0 aromatic carbocycles. The molecule has 1 atom stereocenters. The molecule has 14 heavy (non-hydrogen) atoms. The molecular formula is C9H13N5. The summed E-state index contributed by atoms with van der Waals surface area (Å²) in [5.74, 6) is 1.04. The van der Waals surface area contributed by atoms with Crippen LogP contribution in [0.5, 0.6) is 0 Å². The Kier molecular flexibility index (Phi) is 1.77. The van der Waals surface area contributed by atoms with Gasteiger partial charge in [0.15, 0.2) is 5.65 Å². The van der Waals surface area contributed by atoms with Crippen molar-refractivity contribution in [3.05, 3.63) is 12.0 Å². The van der Waals surface area contributed by atoms with Crippen molar-refractivity contribution in [2.75, 3.05) is 6.54 Å². The minimum absolute atomic E-state index is 0.393. The first-order valence-electron chi connectivity index (χ1n) is 5.06. The molecule has 3 rings (SSSR count). The van der Waals surface area contributed by atoms with Gasteiger partial charge in [0, 0.05) is 0 Å². The number of fused-ring (bicyclic) bond motifs is 1. The third kappa shape index (κ3) is 1.21. The molecule has 2 aromatic heterocycles. The van der Waals surface area contributed by atoms with E-state index in [2.05, 4.69) is 25.5 Å². The molecule has 1 aliphatic rings. The number of H-pyrrole nitrogens is 2. The summed E-state index contributed by atoms with van der Waals surface area (Å²) in [6.45, 7) is 1.09. The Hall–Kier alpha value is -1.36. The van der Waals surface area contributed by atoms with Gasteiger partial charge in [0.2, 0.25) is 0 Å². The highest BCUT2D eigenvalue weighted by molar-refractivity contribution is 5.69. The molecule has 0 aliphatic carbocycles. The smallest absolute Gasteiger partial charge is 0.173 e. The minimum atomic E-state index is 0.393. The van der Waals surface area contributed by atoms with E-state index >= 15 is 0 Å². The molecule has 5 nitrogen and oxygen atoms in total. The van der Waals surface area contributed by atoms with Crippen LogP contribution in [-0.2, 0) is 0 Å². The predicted molar refractivity (Wildman–Crippen MR) is 52.8 cm³/mol. The topological polar surface area (TPSA) is 69.4 Å². The molecule has 5 heteroatoms. The number of hydrogen-bond acceptors (Lipinski definition) is 3. The van der Waals surface area contributed by atoms with Crippen molar-refractivity contribution in [3.8, 4) is 0 Å². The number of aromatic nitrogens is 4. The summed E-state index contributed by atoms with van der Waals surface area (Å²) in [5.41, 5.74) is 1.85. The van der Waals surface area contributed by atoms with Gasteiger partial charge in [0.25, 0.3) is 0 Å². The van der Waals surface area contributed by atoms with Crippen LogP contribution in [0.3, 0.4) is 0 Å². The Morgan fingerprint density at radius 3 is 3.14 bits per heavy atom. The predicted octanol–water partition coefficient (Wildman–Crippen LogP) is 1.10. The summed E-state index contributed by atoms with van der Waals surface area (Å²) in [5, 5.41) is 10.2. The summed E-state index contributed by atoms with van der Waals surface area (Å²) in [4.78, 5) is 7.74. The van der Waals surface area contributed by atoms with Crippen molar-refractivity contribution in [1.29, 1.82) is 0 Å². The SMILES string of the molecule is c1n[nH]c2nc(C3CCCCN3)[nH]c12. The van der Waals surface area contributed by atoms with Gasteiger partial charge in [0.05, 0.1) is 12.2 Å². The summed E-state index contributed by atoms with van der Waals surface area (Å²) in [7, 11) is 0. The third-order valence-electron chi connectivity index (χ3n) is 2.75. The third-order valence-corrected chi connectivity index (χ3v) is 2.75. The van der Waals surface area contributed by atoms with Crippen LogP contribution in [0.2, 0.25) is 0 Å². The second-order valence-corrected chi connectivity index (χ2v) is 3.76. The quantitative estimate of drug-likeness (QED) is 0.632. The summed E-state index contributed by atoms with van der Waals surface area (Å²) in [6, 6.07) is 0.393. The molecule has 3 N–H and O–H groups in total. The lowest BCUT2D eigenvalue weighted by atomic mass is 10.0. The van der Waals surface area contributed by atoms with Gasteiger partial charge in [0.1, 0.15) is 11.3 Å². The minimum Gasteiger partial charge on any atom is -0.338 e. The number of nitrogens with one attached hydrogen (secondary N) is 3. The molecule has 1 aliphatic heterocycles. The molecule has 0 bridgehead atoms. The van der Waals surface area contributed by atoms with Gasteiger partial charge in [-0.2, -0.15) is 5.10 Å². The van der Waals surface area contributed by atoms with Crippen molar-refractivity contribution in [1.82, 2.24) is 25.5 Å². The molecule has 0 amide bonds. The number of piperidine rings is 1. The molecule has 0 radical (unpaired) electrons. The van der Waals surface area contributed by atoms with E-state index in [0.29, 0.717) is 6.04 Å². The molecule has 1 saturated heterocycles. The van der Waals surface area contributed by atoms with Crippen LogP contribution in [0, 0.1) is 0 Å². The fourth-order valence-electron chi connectivity index (χ4n) is 1.99. The van der Waals surface area contributed by atoms with Crippen LogP contribution in [0.4, 0.5) is 0 Å². The maximum atomic E-state index is 4.46. The average Bonchev–Trinajstić information content (AvgIpc) is 2.78. The Bertz CT molecular complexity index is 395. The summed E-state index contributed by atoms with van der Waals surface area (Å²) >= 11 is 0. The maximum Gasteiger partial charge on any atom is 0.173 e. The van der Waals surface area contributed by atoms with Crippen LogP contribution < -0.4 is 5.32 Å². The van der Waals surface area contributed by atoms with E-state index < -0.39 is 0 Å². The zero-order valence-electron chi connectivity index (χ0n) is 7.88. The van der Waals surface area contributed by atoms with Crippen molar-refractivity contribution in [3.63, 3.8) is 0 Å². The van der Waals surface area contributed by atoms with Gasteiger partial charge >= 0.3 is 0 Å². The normalized spacial score (nSPS) is 23.0. The highest BCUT2D eigenvalue weighted by Gasteiger charge is 2.18. The Morgan fingerprint density at radius 1 is 1.36 bits per heavy atom. The van der Waals surface area contributed by atoms with E-state index in [1.165, 1.54) is 19.3 Å². The van der Waals surface area contributed by atoms with Crippen molar-refractivity contribution in [2.24, 2.45) is 0 Å². The average molecular weight is 191 g/mol. The van der Waals surface area contributed by atoms with Crippen molar-refractivity contribution >= 4 is 11.2 Å². The molecule has 1 fully saturated rings. The fourth-order valence-corrected chi connectivity index (χ4v) is 1.99. The maximum absolute atomic E-state index is 4.46. The van der Waals surface area contributed by atoms with Gasteiger partial charge in [-0.3, -0.25) is 5.10 Å². The number of nitrogens with zero attached hydrogens (tertiary/aromatic N) is 2. The van der Waals surface area contributed by atoms with Crippen LogP contribution in [0.15, 0.2) is 6.20 Å². The zero-order valence-corrected chi connectivity index (χ0v) is 7.88. The first-order valence-corrected chi connectivity index (χ1v) is 5.06. The molecule has 74 valence electrons. The van der Waals surface area contributed by atoms with Gasteiger partial charge in [-0.25, -0.2) is 4.98 Å². The van der Waals surface area contributed by atoms with Crippen LogP contribution >= 0.6 is 0 Å². The molecule has 0 spiro atoms. The number of aromatic amines is 2. The number of hydrogen-bond donors (Lipinski definition) is 3. The molecule has 1 unspecified atom stereocenters. The fraction of sp³-hybridized carbons (Fsp3) is 0.556. The van der Waals surface area contributed by atoms with E-state index in [4.69, 9.17) is 0 Å². The Balaban J connectivity index is 1.92. The first kappa shape index (κ1) is 7.99. The molecule has 0 saturated carbocycles. The van der Waals surface area contributed by atoms with E-state index in [1.807, 2.05) is 0 Å². The lowest BCUT2D eigenvalue weighted by Crippen LogP contribution is -2.27. The summed E-state index contributed by atoms with van der Waals surface area (Å²) in [6.07, 6.45) is 5.50. The van der Waals surface area contributed by atoms with Gasteiger partial charge < -0.3 is 10.3 Å². The largest absolute Gasteiger partial charge is 0.338 e. The van der Waals surface area contributed by atoms with E-state index in [9.17, 15) is 0 Å². The highest BCUT2D eigenvalue weighted by atomic mass is 15.2. The van der Waals surface area contributed by atoms with Crippen molar-refractivity contribution < 1.29 is 0 Å². The lowest BCUT2D eigenvalue weighted by molar-refractivity contribution is 0.400. The van der Waals surface area contributed by atoms with Crippen LogP contribution in [0.1, 0.15) is 31.1 Å². The Morgan fingerprint density at radius 2 is 2.36 bits per heavy atom. The van der Waals surface area contributed by atoms with Gasteiger partial charge in [-0.05, 0) is 19.4 Å². The van der Waals surface area contributed by atoms with Crippen molar-refractivity contribution in [2.45, 2.75) is 25.3 Å². The van der Waals surface area contributed by atoms with E-state index in [1.54, 1.807) is 6.20 Å². The zero-order chi connectivity index (χ0) is 9.38.